The van der Waals surface area contributed by atoms with Crippen molar-refractivity contribution in [1.29, 1.82) is 0 Å². The second kappa shape index (κ2) is 7.15. The minimum atomic E-state index is -0.245. The number of pyridine rings is 1. The van der Waals surface area contributed by atoms with Crippen LogP contribution in [0, 0.1) is 0 Å². The van der Waals surface area contributed by atoms with E-state index < -0.39 is 0 Å². The van der Waals surface area contributed by atoms with Crippen molar-refractivity contribution in [2.75, 3.05) is 16.8 Å². The molecule has 4 rings (SSSR count). The number of anilines is 2. The highest BCUT2D eigenvalue weighted by Gasteiger charge is 2.24. The van der Waals surface area contributed by atoms with Crippen molar-refractivity contribution in [3.63, 3.8) is 0 Å². The first kappa shape index (κ1) is 16.6. The van der Waals surface area contributed by atoms with Gasteiger partial charge in [-0.2, -0.15) is 0 Å². The molecule has 0 atom stereocenters. The van der Waals surface area contributed by atoms with Gasteiger partial charge in [-0.3, -0.25) is 9.59 Å². The maximum atomic E-state index is 12.7. The molecule has 6 nitrogen and oxygen atoms in total. The fourth-order valence-electron chi connectivity index (χ4n) is 3.19. The van der Waals surface area contributed by atoms with Crippen LogP contribution in [0.25, 0.3) is 0 Å². The molecule has 0 unspecified atom stereocenters. The Labute approximate surface area is 152 Å². The Morgan fingerprint density at radius 3 is 2.77 bits per heavy atom. The number of hydrogen-bond acceptors (Lipinski definition) is 4. The number of nitrogens with one attached hydrogen (secondary N) is 1. The van der Waals surface area contributed by atoms with Crippen LogP contribution in [0.1, 0.15) is 42.5 Å². The molecule has 0 radical (unpaired) electrons. The molecule has 1 aliphatic carbocycles. The summed E-state index contributed by atoms with van der Waals surface area (Å²) in [5, 5.41) is 2.92. The summed E-state index contributed by atoms with van der Waals surface area (Å²) in [6, 6.07) is 10.7. The molecule has 134 valence electrons. The highest BCUT2D eigenvalue weighted by molar-refractivity contribution is 6.08. The van der Waals surface area contributed by atoms with Crippen molar-refractivity contribution < 1.29 is 14.3 Å². The van der Waals surface area contributed by atoms with E-state index in [0.717, 1.165) is 24.9 Å². The Kier molecular flexibility index (Phi) is 4.56. The zero-order chi connectivity index (χ0) is 17.9. The van der Waals surface area contributed by atoms with E-state index in [0.29, 0.717) is 30.1 Å². The van der Waals surface area contributed by atoms with Crippen molar-refractivity contribution >= 4 is 23.2 Å². The first-order chi connectivity index (χ1) is 12.7. The topological polar surface area (TPSA) is 71.5 Å². The summed E-state index contributed by atoms with van der Waals surface area (Å²) in [6.07, 6.45) is 6.44. The summed E-state index contributed by atoms with van der Waals surface area (Å²) in [5.74, 6) is 0.321. The molecule has 1 saturated carbocycles. The van der Waals surface area contributed by atoms with E-state index in [1.165, 1.54) is 6.42 Å². The molecule has 2 heterocycles. The van der Waals surface area contributed by atoms with Crippen LogP contribution in [-0.2, 0) is 4.79 Å². The van der Waals surface area contributed by atoms with Gasteiger partial charge in [0.25, 0.3) is 5.91 Å². The number of benzene rings is 1. The molecule has 1 aromatic carbocycles. The lowest BCUT2D eigenvalue weighted by atomic mass is 9.96. The molecule has 2 aromatic rings. The number of ether oxygens (including phenoxy) is 1. The van der Waals surface area contributed by atoms with E-state index in [4.69, 9.17) is 4.74 Å². The molecule has 2 aliphatic rings. The number of hydrogen-bond donors (Lipinski definition) is 1. The zero-order valence-electron chi connectivity index (χ0n) is 14.5. The van der Waals surface area contributed by atoms with Gasteiger partial charge in [0.15, 0.2) is 0 Å². The van der Waals surface area contributed by atoms with Gasteiger partial charge in [0.2, 0.25) is 11.8 Å². The number of nitrogens with zero attached hydrogens (tertiary/aromatic N) is 2. The Morgan fingerprint density at radius 1 is 1.19 bits per heavy atom. The summed E-state index contributed by atoms with van der Waals surface area (Å²) in [5.41, 5.74) is 1.85. The number of carbonyl (C=O) groups excluding carboxylic acids is 2. The van der Waals surface area contributed by atoms with E-state index in [9.17, 15) is 9.59 Å². The van der Waals surface area contributed by atoms with Gasteiger partial charge in [0, 0.05) is 30.8 Å². The molecule has 1 N–H and O–H groups in total. The number of carbonyl (C=O) groups is 2. The first-order valence-corrected chi connectivity index (χ1v) is 9.04. The highest BCUT2D eigenvalue weighted by Crippen LogP contribution is 2.30. The normalized spacial score (nSPS) is 17.1. The minimum Gasteiger partial charge on any atom is -0.474 e. The molecule has 0 spiro atoms. The molecule has 2 amide bonds. The lowest BCUT2D eigenvalue weighted by molar-refractivity contribution is -0.117. The largest absolute Gasteiger partial charge is 0.474 e. The van der Waals surface area contributed by atoms with Crippen molar-refractivity contribution in [3.05, 3.63) is 48.2 Å². The summed E-state index contributed by atoms with van der Waals surface area (Å²) in [7, 11) is 0. The molecule has 1 aliphatic heterocycles. The third-order valence-corrected chi connectivity index (χ3v) is 4.85. The van der Waals surface area contributed by atoms with E-state index in [-0.39, 0.29) is 17.9 Å². The van der Waals surface area contributed by atoms with Crippen molar-refractivity contribution in [2.45, 2.75) is 38.2 Å². The second-order valence-electron chi connectivity index (χ2n) is 6.67. The maximum absolute atomic E-state index is 12.7. The van der Waals surface area contributed by atoms with Gasteiger partial charge in [-0.1, -0.05) is 12.1 Å². The maximum Gasteiger partial charge on any atom is 0.255 e. The van der Waals surface area contributed by atoms with E-state index >= 15 is 0 Å². The van der Waals surface area contributed by atoms with E-state index in [2.05, 4.69) is 10.3 Å². The van der Waals surface area contributed by atoms with Gasteiger partial charge < -0.3 is 15.0 Å². The Balaban J connectivity index is 1.51. The number of amides is 2. The van der Waals surface area contributed by atoms with Crippen LogP contribution in [0.3, 0.4) is 0 Å². The fourth-order valence-corrected chi connectivity index (χ4v) is 3.19. The molecular weight excluding hydrogens is 330 g/mol. The Morgan fingerprint density at radius 2 is 2.04 bits per heavy atom. The fraction of sp³-hybridized carbons (Fsp3) is 0.350. The average molecular weight is 351 g/mol. The van der Waals surface area contributed by atoms with Crippen LogP contribution in [0.4, 0.5) is 11.4 Å². The number of rotatable bonds is 5. The number of para-hydroxylation sites is 2. The lowest BCUT2D eigenvalue weighted by Crippen LogP contribution is -2.26. The molecule has 2 fully saturated rings. The van der Waals surface area contributed by atoms with Gasteiger partial charge in [-0.05, 0) is 43.9 Å². The molecular formula is C20H21N3O3. The minimum absolute atomic E-state index is 0.0896. The first-order valence-electron chi connectivity index (χ1n) is 9.04. The SMILES string of the molecule is O=C(Nc1ccccc1N1CCCC1=O)c1ccnc(OC2CCC2)c1. The van der Waals surface area contributed by atoms with Gasteiger partial charge in [-0.25, -0.2) is 4.98 Å². The van der Waals surface area contributed by atoms with Crippen LogP contribution in [0.2, 0.25) is 0 Å². The predicted octanol–water partition coefficient (Wildman–Crippen LogP) is 3.39. The average Bonchev–Trinajstić information content (AvgIpc) is 3.05. The summed E-state index contributed by atoms with van der Waals surface area (Å²) >= 11 is 0. The van der Waals surface area contributed by atoms with Gasteiger partial charge >= 0.3 is 0 Å². The lowest BCUT2D eigenvalue weighted by Gasteiger charge is -2.25. The monoisotopic (exact) mass is 351 g/mol. The van der Waals surface area contributed by atoms with Crippen molar-refractivity contribution in [2.24, 2.45) is 0 Å². The van der Waals surface area contributed by atoms with Gasteiger partial charge in [0.05, 0.1) is 11.4 Å². The van der Waals surface area contributed by atoms with E-state index in [1.54, 1.807) is 23.2 Å². The van der Waals surface area contributed by atoms with Gasteiger partial charge in [-0.15, -0.1) is 0 Å². The zero-order valence-corrected chi connectivity index (χ0v) is 14.5. The number of aromatic nitrogens is 1. The standard InChI is InChI=1S/C20H21N3O3/c24-19-9-4-12-23(19)17-8-2-1-7-16(17)22-20(25)14-10-11-21-18(13-14)26-15-5-3-6-15/h1-2,7-8,10-11,13,15H,3-6,9,12H2,(H,22,25). The third kappa shape index (κ3) is 3.40. The van der Waals surface area contributed by atoms with Crippen molar-refractivity contribution in [3.8, 4) is 5.88 Å². The summed E-state index contributed by atoms with van der Waals surface area (Å²) < 4.78 is 5.77. The van der Waals surface area contributed by atoms with Crippen LogP contribution in [0.15, 0.2) is 42.6 Å². The molecule has 1 aromatic heterocycles. The predicted molar refractivity (Wildman–Crippen MR) is 98.5 cm³/mol. The second-order valence-corrected chi connectivity index (χ2v) is 6.67. The van der Waals surface area contributed by atoms with Crippen LogP contribution >= 0.6 is 0 Å². The van der Waals surface area contributed by atoms with Crippen LogP contribution in [-0.4, -0.2) is 29.4 Å². The van der Waals surface area contributed by atoms with Crippen LogP contribution < -0.4 is 15.0 Å². The molecule has 1 saturated heterocycles. The Hall–Kier alpha value is -2.89. The third-order valence-electron chi connectivity index (χ3n) is 4.85. The molecule has 6 heteroatoms. The smallest absolute Gasteiger partial charge is 0.255 e. The molecule has 26 heavy (non-hydrogen) atoms. The molecule has 0 bridgehead atoms. The Bertz CT molecular complexity index is 833. The van der Waals surface area contributed by atoms with Crippen molar-refractivity contribution in [1.82, 2.24) is 4.98 Å². The van der Waals surface area contributed by atoms with E-state index in [1.807, 2.05) is 24.3 Å². The summed E-state index contributed by atoms with van der Waals surface area (Å²) in [6.45, 7) is 0.681. The van der Waals surface area contributed by atoms with Crippen LogP contribution in [0.5, 0.6) is 5.88 Å². The van der Waals surface area contributed by atoms with Gasteiger partial charge in [0.1, 0.15) is 6.10 Å². The summed E-state index contributed by atoms with van der Waals surface area (Å²) in [4.78, 5) is 30.7. The highest BCUT2D eigenvalue weighted by atomic mass is 16.5. The quantitative estimate of drug-likeness (QED) is 0.896.